The fraction of sp³-hybridized carbons (Fsp3) is 0.467. The molecule has 6 nitrogen and oxygen atoms in total. The van der Waals surface area contributed by atoms with E-state index < -0.39 is 11.5 Å². The van der Waals surface area contributed by atoms with Gasteiger partial charge in [-0.3, -0.25) is 4.90 Å². The summed E-state index contributed by atoms with van der Waals surface area (Å²) in [5.41, 5.74) is 0.509. The molecule has 1 unspecified atom stereocenters. The normalized spacial score (nSPS) is 16.9. The Hall–Kier alpha value is -2.24. The smallest absolute Gasteiger partial charge is 0.329 e. The number of fused-ring (bicyclic) bond motifs is 1. The van der Waals surface area contributed by atoms with E-state index >= 15 is 0 Å². The molecule has 1 heterocycles. The van der Waals surface area contributed by atoms with Crippen LogP contribution in [0.4, 0.5) is 16.2 Å². The fourth-order valence-corrected chi connectivity index (χ4v) is 2.31. The van der Waals surface area contributed by atoms with E-state index in [4.69, 9.17) is 0 Å². The molecule has 0 fully saturated rings. The predicted molar refractivity (Wildman–Crippen MR) is 81.9 cm³/mol. The summed E-state index contributed by atoms with van der Waals surface area (Å²) in [4.78, 5) is 27.5. The molecule has 1 aliphatic heterocycles. The van der Waals surface area contributed by atoms with Crippen molar-refractivity contribution in [2.75, 3.05) is 29.9 Å². The maximum atomic E-state index is 12.5. The summed E-state index contributed by atoms with van der Waals surface area (Å²) in [6, 6.07) is 7.24. The molecule has 0 aromatic heterocycles. The van der Waals surface area contributed by atoms with Crippen LogP contribution >= 0.6 is 0 Å². The van der Waals surface area contributed by atoms with Gasteiger partial charge in [0.15, 0.2) is 0 Å². The number of likely N-dealkylation sites (N-methyl/N-ethyl adjacent to an activating group) is 1. The second kappa shape index (κ2) is 5.63. The molecule has 0 aliphatic carbocycles. The van der Waals surface area contributed by atoms with Gasteiger partial charge in [0.25, 0.3) is 0 Å². The molecule has 2 amide bonds. The molecule has 0 saturated heterocycles. The largest absolute Gasteiger partial charge is 0.480 e. The predicted octanol–water partition coefficient (Wildman–Crippen LogP) is 1.91. The number of carboxylic acids is 1. The number of nitrogens with zero attached hydrogens (tertiary/aromatic N) is 2. The van der Waals surface area contributed by atoms with E-state index in [1.807, 2.05) is 31.3 Å². The highest BCUT2D eigenvalue weighted by molar-refractivity contribution is 5.99. The van der Waals surface area contributed by atoms with Crippen molar-refractivity contribution in [1.82, 2.24) is 5.32 Å². The number of hydrogen-bond acceptors (Lipinski definition) is 3. The topological polar surface area (TPSA) is 72.9 Å². The third-order valence-corrected chi connectivity index (χ3v) is 4.05. The Labute approximate surface area is 124 Å². The standard InChI is InChI=1S/C15H21N3O3/c1-4-15(2,13(19)20)16-14(21)18-10-9-17(3)11-7-5-6-8-12(11)18/h5-8H,4,9-10H2,1-3H3,(H,16,21)(H,19,20). The van der Waals surface area contributed by atoms with Crippen molar-refractivity contribution >= 4 is 23.4 Å². The minimum Gasteiger partial charge on any atom is -0.480 e. The maximum Gasteiger partial charge on any atom is 0.329 e. The molecule has 1 aliphatic rings. The Bertz CT molecular complexity index is 561. The Morgan fingerprint density at radius 2 is 1.90 bits per heavy atom. The SMILES string of the molecule is CCC(C)(NC(=O)N1CCN(C)c2ccccc21)C(=O)O. The summed E-state index contributed by atoms with van der Waals surface area (Å²) in [7, 11) is 1.97. The summed E-state index contributed by atoms with van der Waals surface area (Å²) in [6.45, 7) is 4.50. The first-order valence-corrected chi connectivity index (χ1v) is 7.02. The van der Waals surface area contributed by atoms with Gasteiger partial charge in [0.05, 0.1) is 11.4 Å². The fourth-order valence-electron chi connectivity index (χ4n) is 2.31. The highest BCUT2D eigenvalue weighted by Gasteiger charge is 2.35. The molecule has 0 spiro atoms. The minimum absolute atomic E-state index is 0.323. The monoisotopic (exact) mass is 291 g/mol. The zero-order chi connectivity index (χ0) is 15.6. The number of anilines is 2. The molecule has 2 N–H and O–H groups in total. The van der Waals surface area contributed by atoms with Gasteiger partial charge in [0.2, 0.25) is 0 Å². The third kappa shape index (κ3) is 2.79. The van der Waals surface area contributed by atoms with Crippen LogP contribution in [-0.2, 0) is 4.79 Å². The second-order valence-electron chi connectivity index (χ2n) is 5.48. The molecule has 1 aromatic carbocycles. The number of nitrogens with one attached hydrogen (secondary N) is 1. The maximum absolute atomic E-state index is 12.5. The number of rotatable bonds is 3. The molecule has 114 valence electrons. The molecule has 1 atom stereocenters. The molecule has 0 saturated carbocycles. The number of carbonyl (C=O) groups is 2. The molecule has 6 heteroatoms. The van der Waals surface area contributed by atoms with E-state index in [1.54, 1.807) is 11.8 Å². The number of hydrogen-bond donors (Lipinski definition) is 2. The molecule has 1 aromatic rings. The van der Waals surface area contributed by atoms with E-state index in [0.717, 1.165) is 11.4 Å². The van der Waals surface area contributed by atoms with Gasteiger partial charge in [0, 0.05) is 20.1 Å². The molecule has 0 radical (unpaired) electrons. The quantitative estimate of drug-likeness (QED) is 0.892. The summed E-state index contributed by atoms with van der Waals surface area (Å²) in [5, 5.41) is 11.9. The summed E-state index contributed by atoms with van der Waals surface area (Å²) >= 11 is 0. The lowest BCUT2D eigenvalue weighted by Gasteiger charge is -2.37. The van der Waals surface area contributed by atoms with E-state index in [1.165, 1.54) is 6.92 Å². The lowest BCUT2D eigenvalue weighted by atomic mass is 9.99. The van der Waals surface area contributed by atoms with Crippen molar-refractivity contribution in [2.24, 2.45) is 0 Å². The van der Waals surface area contributed by atoms with Crippen LogP contribution in [0.2, 0.25) is 0 Å². The van der Waals surface area contributed by atoms with Gasteiger partial charge in [0.1, 0.15) is 5.54 Å². The van der Waals surface area contributed by atoms with Gasteiger partial charge < -0.3 is 15.3 Å². The van der Waals surface area contributed by atoms with Crippen LogP contribution in [0.3, 0.4) is 0 Å². The van der Waals surface area contributed by atoms with Crippen LogP contribution < -0.4 is 15.1 Å². The Balaban J connectivity index is 2.25. The number of carbonyl (C=O) groups excluding carboxylic acids is 1. The zero-order valence-corrected chi connectivity index (χ0v) is 12.6. The van der Waals surface area contributed by atoms with Crippen LogP contribution in [0.15, 0.2) is 24.3 Å². The van der Waals surface area contributed by atoms with Crippen LogP contribution in [0, 0.1) is 0 Å². The number of amides is 2. The van der Waals surface area contributed by atoms with Crippen molar-refractivity contribution in [1.29, 1.82) is 0 Å². The third-order valence-electron chi connectivity index (χ3n) is 4.05. The van der Waals surface area contributed by atoms with Gasteiger partial charge >= 0.3 is 12.0 Å². The molecule has 2 rings (SSSR count). The average Bonchev–Trinajstić information content (AvgIpc) is 2.47. The lowest BCUT2D eigenvalue weighted by molar-refractivity contribution is -0.143. The van der Waals surface area contributed by atoms with Crippen molar-refractivity contribution < 1.29 is 14.7 Å². The second-order valence-corrected chi connectivity index (χ2v) is 5.48. The molecular formula is C15H21N3O3. The Kier molecular flexibility index (Phi) is 4.06. The summed E-state index contributed by atoms with van der Waals surface area (Å²) in [6.07, 6.45) is 0.323. The average molecular weight is 291 g/mol. The van der Waals surface area contributed by atoms with E-state index in [2.05, 4.69) is 10.2 Å². The van der Waals surface area contributed by atoms with Crippen molar-refractivity contribution in [2.45, 2.75) is 25.8 Å². The van der Waals surface area contributed by atoms with Crippen LogP contribution in [0.25, 0.3) is 0 Å². The Morgan fingerprint density at radius 3 is 2.48 bits per heavy atom. The Morgan fingerprint density at radius 1 is 1.29 bits per heavy atom. The van der Waals surface area contributed by atoms with Gasteiger partial charge in [-0.2, -0.15) is 0 Å². The number of carboxylic acid groups (broad SMARTS) is 1. The van der Waals surface area contributed by atoms with Crippen LogP contribution in [0.5, 0.6) is 0 Å². The number of benzene rings is 1. The van der Waals surface area contributed by atoms with Gasteiger partial charge in [-0.1, -0.05) is 19.1 Å². The van der Waals surface area contributed by atoms with E-state index in [9.17, 15) is 14.7 Å². The van der Waals surface area contributed by atoms with Gasteiger partial charge in [-0.15, -0.1) is 0 Å². The van der Waals surface area contributed by atoms with Crippen LogP contribution in [0.1, 0.15) is 20.3 Å². The first-order valence-electron chi connectivity index (χ1n) is 7.02. The number of urea groups is 1. The molecule has 21 heavy (non-hydrogen) atoms. The van der Waals surface area contributed by atoms with E-state index in [0.29, 0.717) is 19.5 Å². The van der Waals surface area contributed by atoms with Crippen molar-refractivity contribution in [3.63, 3.8) is 0 Å². The summed E-state index contributed by atoms with van der Waals surface area (Å²) < 4.78 is 0. The number of para-hydroxylation sites is 2. The zero-order valence-electron chi connectivity index (χ0n) is 12.6. The highest BCUT2D eigenvalue weighted by Crippen LogP contribution is 2.31. The van der Waals surface area contributed by atoms with Crippen molar-refractivity contribution in [3.8, 4) is 0 Å². The van der Waals surface area contributed by atoms with Crippen molar-refractivity contribution in [3.05, 3.63) is 24.3 Å². The highest BCUT2D eigenvalue weighted by atomic mass is 16.4. The lowest BCUT2D eigenvalue weighted by Crippen LogP contribution is -2.57. The first-order chi connectivity index (χ1) is 9.89. The molecular weight excluding hydrogens is 270 g/mol. The van der Waals surface area contributed by atoms with Gasteiger partial charge in [-0.25, -0.2) is 9.59 Å². The summed E-state index contributed by atoms with van der Waals surface area (Å²) in [5.74, 6) is -1.03. The minimum atomic E-state index is -1.25. The van der Waals surface area contributed by atoms with E-state index in [-0.39, 0.29) is 6.03 Å². The van der Waals surface area contributed by atoms with Crippen LogP contribution in [-0.4, -0.2) is 42.8 Å². The van der Waals surface area contributed by atoms with Gasteiger partial charge in [-0.05, 0) is 25.5 Å². The molecule has 0 bridgehead atoms. The number of aliphatic carboxylic acids is 1. The first kappa shape index (κ1) is 15.2.